The normalized spacial score (nSPS) is 12.2. The van der Waals surface area contributed by atoms with Crippen molar-refractivity contribution in [1.29, 1.82) is 0 Å². The Morgan fingerprint density at radius 3 is 2.50 bits per heavy atom. The predicted molar refractivity (Wildman–Crippen MR) is 101 cm³/mol. The summed E-state index contributed by atoms with van der Waals surface area (Å²) < 4.78 is 19.2. The molecule has 2 aromatic carbocycles. The van der Waals surface area contributed by atoms with Gasteiger partial charge in [0.25, 0.3) is 5.91 Å². The van der Waals surface area contributed by atoms with Crippen molar-refractivity contribution in [3.8, 4) is 16.9 Å². The summed E-state index contributed by atoms with van der Waals surface area (Å²) in [6.07, 6.45) is 2.22. The maximum atomic E-state index is 13.4. The third-order valence-electron chi connectivity index (χ3n) is 3.96. The fourth-order valence-electron chi connectivity index (χ4n) is 2.71. The predicted octanol–water partition coefficient (Wildman–Crippen LogP) is 4.33. The van der Waals surface area contributed by atoms with Crippen LogP contribution in [-0.4, -0.2) is 23.0 Å². The van der Waals surface area contributed by atoms with Crippen molar-refractivity contribution in [3.63, 3.8) is 0 Å². The molecule has 0 aliphatic rings. The van der Waals surface area contributed by atoms with Crippen LogP contribution >= 0.6 is 0 Å². The monoisotopic (exact) mass is 352 g/mol. The molecule has 0 aliphatic heterocycles. The Hall–Kier alpha value is -2.95. The van der Waals surface area contributed by atoms with Crippen LogP contribution in [0.5, 0.6) is 5.75 Å². The quantitative estimate of drug-likeness (QED) is 0.743. The second kappa shape index (κ2) is 7.52. The third-order valence-corrected chi connectivity index (χ3v) is 3.96. The summed E-state index contributed by atoms with van der Waals surface area (Å²) >= 11 is 0. The van der Waals surface area contributed by atoms with Gasteiger partial charge in [0.15, 0.2) is 6.10 Å². The van der Waals surface area contributed by atoms with Crippen LogP contribution in [0.2, 0.25) is 0 Å². The highest BCUT2D eigenvalue weighted by molar-refractivity contribution is 5.88. The minimum Gasteiger partial charge on any atom is -0.481 e. The number of pyridine rings is 1. The molecule has 0 fully saturated rings. The number of carbonyl (C=O) groups excluding carboxylic acids is 1. The molecule has 0 aliphatic carbocycles. The van der Waals surface area contributed by atoms with Gasteiger partial charge in [0.05, 0.1) is 6.20 Å². The number of hydrogen-bond donors (Lipinski definition) is 1. The maximum Gasteiger partial charge on any atom is 0.260 e. The van der Waals surface area contributed by atoms with Gasteiger partial charge in [-0.2, -0.15) is 0 Å². The van der Waals surface area contributed by atoms with Crippen molar-refractivity contribution in [3.05, 3.63) is 60.7 Å². The molecule has 1 aromatic heterocycles. The number of fused-ring (bicyclic) bond motifs is 1. The van der Waals surface area contributed by atoms with Gasteiger partial charge in [-0.3, -0.25) is 9.78 Å². The summed E-state index contributed by atoms with van der Waals surface area (Å²) in [5.74, 6) is 0.0859. The molecule has 1 unspecified atom stereocenters. The minimum atomic E-state index is -0.592. The summed E-state index contributed by atoms with van der Waals surface area (Å²) in [6, 6.07) is 13.0. The minimum absolute atomic E-state index is 0.0626. The van der Waals surface area contributed by atoms with Gasteiger partial charge in [-0.1, -0.05) is 18.2 Å². The van der Waals surface area contributed by atoms with Gasteiger partial charge < -0.3 is 10.1 Å². The summed E-state index contributed by atoms with van der Waals surface area (Å²) in [5, 5.41) is 4.81. The smallest absolute Gasteiger partial charge is 0.260 e. The number of halogens is 1. The van der Waals surface area contributed by atoms with Crippen LogP contribution in [0, 0.1) is 5.82 Å². The van der Waals surface area contributed by atoms with Gasteiger partial charge >= 0.3 is 0 Å². The Morgan fingerprint density at radius 1 is 1.00 bits per heavy atom. The molecule has 0 saturated carbocycles. The van der Waals surface area contributed by atoms with Crippen molar-refractivity contribution in [2.45, 2.75) is 32.9 Å². The van der Waals surface area contributed by atoms with E-state index in [1.807, 2.05) is 50.2 Å². The standard InChI is InChI=1S/C21H21FN2O2/c1-13(2)24-21(25)14(3)26-20-7-6-15-4-5-16(8-17(15)10-20)18-9-19(22)12-23-11-18/h4-14H,1-3H3,(H,24,25). The van der Waals surface area contributed by atoms with Gasteiger partial charge in [-0.25, -0.2) is 4.39 Å². The fourth-order valence-corrected chi connectivity index (χ4v) is 2.71. The molecule has 4 nitrogen and oxygen atoms in total. The first-order chi connectivity index (χ1) is 12.4. The van der Waals surface area contributed by atoms with Crippen molar-refractivity contribution >= 4 is 16.7 Å². The summed E-state index contributed by atoms with van der Waals surface area (Å²) in [4.78, 5) is 15.9. The van der Waals surface area contributed by atoms with Crippen LogP contribution < -0.4 is 10.1 Å². The van der Waals surface area contributed by atoms with Crippen LogP contribution in [-0.2, 0) is 4.79 Å². The van der Waals surface area contributed by atoms with Gasteiger partial charge in [0, 0.05) is 17.8 Å². The number of aromatic nitrogens is 1. The lowest BCUT2D eigenvalue weighted by Crippen LogP contribution is -2.40. The maximum absolute atomic E-state index is 13.4. The largest absolute Gasteiger partial charge is 0.481 e. The molecule has 1 N–H and O–H groups in total. The third kappa shape index (κ3) is 4.17. The number of ether oxygens (including phenoxy) is 1. The summed E-state index contributed by atoms with van der Waals surface area (Å²) in [7, 11) is 0. The van der Waals surface area contributed by atoms with E-state index in [0.717, 1.165) is 16.3 Å². The van der Waals surface area contributed by atoms with Crippen LogP contribution in [0.4, 0.5) is 4.39 Å². The van der Waals surface area contributed by atoms with Gasteiger partial charge in [0.1, 0.15) is 11.6 Å². The molecule has 3 rings (SSSR count). The lowest BCUT2D eigenvalue weighted by Gasteiger charge is -2.17. The first-order valence-corrected chi connectivity index (χ1v) is 8.54. The van der Waals surface area contributed by atoms with Gasteiger partial charge in [-0.05, 0) is 61.4 Å². The highest BCUT2D eigenvalue weighted by Gasteiger charge is 2.15. The average Bonchev–Trinajstić information content (AvgIpc) is 2.60. The van der Waals surface area contributed by atoms with E-state index < -0.39 is 6.10 Å². The second-order valence-corrected chi connectivity index (χ2v) is 6.54. The summed E-state index contributed by atoms with van der Waals surface area (Å²) in [5.41, 5.74) is 1.58. The van der Waals surface area contributed by atoms with Crippen molar-refractivity contribution < 1.29 is 13.9 Å². The van der Waals surface area contributed by atoms with E-state index in [0.29, 0.717) is 11.3 Å². The Morgan fingerprint density at radius 2 is 1.77 bits per heavy atom. The molecule has 0 spiro atoms. The Kier molecular flexibility index (Phi) is 5.16. The van der Waals surface area contributed by atoms with E-state index in [1.54, 1.807) is 13.1 Å². The first kappa shape index (κ1) is 17.9. The number of hydrogen-bond acceptors (Lipinski definition) is 3. The van der Waals surface area contributed by atoms with E-state index in [1.165, 1.54) is 12.3 Å². The number of carbonyl (C=O) groups is 1. The zero-order valence-corrected chi connectivity index (χ0v) is 15.0. The Labute approximate surface area is 152 Å². The molecule has 0 radical (unpaired) electrons. The molecular weight excluding hydrogens is 331 g/mol. The lowest BCUT2D eigenvalue weighted by atomic mass is 10.0. The fraction of sp³-hybridized carbons (Fsp3) is 0.238. The van der Waals surface area contributed by atoms with Crippen molar-refractivity contribution in [2.24, 2.45) is 0 Å². The van der Waals surface area contributed by atoms with Crippen LogP contribution in [0.1, 0.15) is 20.8 Å². The zero-order chi connectivity index (χ0) is 18.7. The molecule has 1 amide bonds. The Bertz CT molecular complexity index is 940. The number of amides is 1. The van der Waals surface area contributed by atoms with E-state index >= 15 is 0 Å². The lowest BCUT2D eigenvalue weighted by molar-refractivity contribution is -0.127. The number of benzene rings is 2. The number of rotatable bonds is 5. The first-order valence-electron chi connectivity index (χ1n) is 8.54. The molecule has 0 bridgehead atoms. The van der Waals surface area contributed by atoms with Crippen molar-refractivity contribution in [2.75, 3.05) is 0 Å². The summed E-state index contributed by atoms with van der Waals surface area (Å²) in [6.45, 7) is 5.53. The SMILES string of the molecule is CC(C)NC(=O)C(C)Oc1ccc2ccc(-c3cncc(F)c3)cc2c1. The Balaban J connectivity index is 1.86. The molecule has 1 atom stereocenters. The van der Waals surface area contributed by atoms with E-state index in [4.69, 9.17) is 4.74 Å². The topological polar surface area (TPSA) is 51.2 Å². The molecule has 26 heavy (non-hydrogen) atoms. The van der Waals surface area contributed by atoms with E-state index in [2.05, 4.69) is 10.3 Å². The molecule has 134 valence electrons. The van der Waals surface area contributed by atoms with E-state index in [-0.39, 0.29) is 17.8 Å². The molecule has 1 heterocycles. The van der Waals surface area contributed by atoms with Crippen LogP contribution in [0.25, 0.3) is 21.9 Å². The van der Waals surface area contributed by atoms with Gasteiger partial charge in [-0.15, -0.1) is 0 Å². The van der Waals surface area contributed by atoms with Crippen LogP contribution in [0.3, 0.4) is 0 Å². The van der Waals surface area contributed by atoms with Crippen molar-refractivity contribution in [1.82, 2.24) is 10.3 Å². The second-order valence-electron chi connectivity index (χ2n) is 6.54. The van der Waals surface area contributed by atoms with Gasteiger partial charge in [0.2, 0.25) is 0 Å². The number of nitrogens with zero attached hydrogens (tertiary/aromatic N) is 1. The van der Waals surface area contributed by atoms with E-state index in [9.17, 15) is 9.18 Å². The number of nitrogens with one attached hydrogen (secondary N) is 1. The average molecular weight is 352 g/mol. The molecule has 0 saturated heterocycles. The molecular formula is C21H21FN2O2. The zero-order valence-electron chi connectivity index (χ0n) is 15.0. The highest BCUT2D eigenvalue weighted by Crippen LogP contribution is 2.27. The van der Waals surface area contributed by atoms with Crippen LogP contribution in [0.15, 0.2) is 54.9 Å². The molecule has 5 heteroatoms. The highest BCUT2D eigenvalue weighted by atomic mass is 19.1. The molecule has 3 aromatic rings.